The van der Waals surface area contributed by atoms with Crippen LogP contribution in [0, 0.1) is 20.8 Å². The van der Waals surface area contributed by atoms with Gasteiger partial charge in [0.2, 0.25) is 0 Å². The summed E-state index contributed by atoms with van der Waals surface area (Å²) in [5.41, 5.74) is 2.29. The summed E-state index contributed by atoms with van der Waals surface area (Å²) in [6, 6.07) is 3.60. The molecule has 0 amide bonds. The molecule has 0 aliphatic carbocycles. The first-order chi connectivity index (χ1) is 10.3. The summed E-state index contributed by atoms with van der Waals surface area (Å²) in [7, 11) is -3.89. The summed E-state index contributed by atoms with van der Waals surface area (Å²) in [6.45, 7) is 7.12. The molecule has 0 unspecified atom stereocenters. The van der Waals surface area contributed by atoms with Gasteiger partial charge in [0.25, 0.3) is 10.1 Å². The summed E-state index contributed by atoms with van der Waals surface area (Å²) in [4.78, 5) is 11.9. The lowest BCUT2D eigenvalue weighted by Crippen LogP contribution is -2.16. The molecular formula is C17H26O4S. The van der Waals surface area contributed by atoms with Crippen molar-refractivity contribution >= 4 is 15.9 Å². The van der Waals surface area contributed by atoms with Gasteiger partial charge in [0.05, 0.1) is 4.90 Å². The van der Waals surface area contributed by atoms with E-state index in [1.165, 1.54) is 0 Å². The monoisotopic (exact) mass is 326 g/mol. The van der Waals surface area contributed by atoms with Crippen LogP contribution in [0.3, 0.4) is 0 Å². The molecule has 124 valence electrons. The van der Waals surface area contributed by atoms with Gasteiger partial charge in [-0.15, -0.1) is 0 Å². The van der Waals surface area contributed by atoms with E-state index in [9.17, 15) is 13.2 Å². The largest absolute Gasteiger partial charge is 0.297 e. The quantitative estimate of drug-likeness (QED) is 0.511. The van der Waals surface area contributed by atoms with E-state index in [4.69, 9.17) is 4.18 Å². The van der Waals surface area contributed by atoms with Crippen LogP contribution in [-0.2, 0) is 19.1 Å². The Morgan fingerprint density at radius 1 is 1.05 bits per heavy atom. The van der Waals surface area contributed by atoms with Crippen molar-refractivity contribution in [2.75, 3.05) is 6.61 Å². The molecule has 0 spiro atoms. The summed E-state index contributed by atoms with van der Waals surface area (Å²) in [6.07, 6.45) is 4.35. The van der Waals surface area contributed by atoms with Crippen LogP contribution in [0.15, 0.2) is 17.0 Å². The predicted molar refractivity (Wildman–Crippen MR) is 87.6 cm³/mol. The molecule has 0 aliphatic rings. The van der Waals surface area contributed by atoms with Crippen molar-refractivity contribution in [1.82, 2.24) is 0 Å². The lowest BCUT2D eigenvalue weighted by atomic mass is 10.1. The standard InChI is InChI=1S/C17H26O4S/c1-5-6-7-8-9-16(18)12-21-22(19,20)17-14(3)10-13(2)11-15(17)4/h10-11H,5-9,12H2,1-4H3. The molecule has 4 nitrogen and oxygen atoms in total. The molecule has 1 aromatic rings. The second kappa shape index (κ2) is 8.44. The minimum absolute atomic E-state index is 0.165. The van der Waals surface area contributed by atoms with Crippen LogP contribution in [0.5, 0.6) is 0 Å². The second-order valence-corrected chi connectivity index (χ2v) is 7.35. The van der Waals surface area contributed by atoms with Crippen LogP contribution in [-0.4, -0.2) is 20.8 Å². The van der Waals surface area contributed by atoms with E-state index in [0.29, 0.717) is 17.5 Å². The third-order valence-corrected chi connectivity index (χ3v) is 5.11. The molecule has 1 aromatic carbocycles. The number of rotatable bonds is 9. The minimum atomic E-state index is -3.89. The summed E-state index contributed by atoms with van der Waals surface area (Å²) in [5, 5.41) is 0. The maximum Gasteiger partial charge on any atom is 0.297 e. The number of carbonyl (C=O) groups excluding carboxylic acids is 1. The highest BCUT2D eigenvalue weighted by Crippen LogP contribution is 2.23. The molecule has 0 heterocycles. The van der Waals surface area contributed by atoms with Gasteiger partial charge >= 0.3 is 0 Å². The first-order valence-corrected chi connectivity index (χ1v) is 9.17. The maximum absolute atomic E-state index is 12.3. The zero-order chi connectivity index (χ0) is 16.8. The van der Waals surface area contributed by atoms with Gasteiger partial charge in [0, 0.05) is 6.42 Å². The molecular weight excluding hydrogens is 300 g/mol. The van der Waals surface area contributed by atoms with Gasteiger partial charge in [0.1, 0.15) is 6.61 Å². The number of hydrogen-bond acceptors (Lipinski definition) is 4. The molecule has 22 heavy (non-hydrogen) atoms. The van der Waals surface area contributed by atoms with Crippen LogP contribution >= 0.6 is 0 Å². The Hall–Kier alpha value is -1.20. The first kappa shape index (κ1) is 18.8. The Balaban J connectivity index is 2.67. The van der Waals surface area contributed by atoms with Crippen LogP contribution in [0.25, 0.3) is 0 Å². The van der Waals surface area contributed by atoms with Crippen molar-refractivity contribution in [3.05, 3.63) is 28.8 Å². The van der Waals surface area contributed by atoms with Crippen molar-refractivity contribution in [1.29, 1.82) is 0 Å². The van der Waals surface area contributed by atoms with Gasteiger partial charge in [-0.25, -0.2) is 0 Å². The van der Waals surface area contributed by atoms with Gasteiger partial charge in [-0.1, -0.05) is 43.9 Å². The molecule has 0 saturated carbocycles. The lowest BCUT2D eigenvalue weighted by molar-refractivity contribution is -0.121. The van der Waals surface area contributed by atoms with Crippen molar-refractivity contribution < 1.29 is 17.4 Å². The Bertz CT molecular complexity index is 595. The van der Waals surface area contributed by atoms with Crippen LogP contribution in [0.4, 0.5) is 0 Å². The zero-order valence-corrected chi connectivity index (χ0v) is 14.8. The third kappa shape index (κ3) is 5.54. The smallest absolute Gasteiger partial charge is 0.297 e. The Morgan fingerprint density at radius 3 is 2.18 bits per heavy atom. The highest BCUT2D eigenvalue weighted by molar-refractivity contribution is 7.86. The Morgan fingerprint density at radius 2 is 1.64 bits per heavy atom. The van der Waals surface area contributed by atoms with Gasteiger partial charge in [-0.3, -0.25) is 8.98 Å². The van der Waals surface area contributed by atoms with Gasteiger partial charge in [-0.2, -0.15) is 8.42 Å². The molecule has 0 aromatic heterocycles. The summed E-state index contributed by atoms with van der Waals surface area (Å²) in [5.74, 6) is -0.165. The van der Waals surface area contributed by atoms with Crippen LogP contribution in [0.2, 0.25) is 0 Å². The van der Waals surface area contributed by atoms with Crippen molar-refractivity contribution in [2.24, 2.45) is 0 Å². The van der Waals surface area contributed by atoms with Gasteiger partial charge in [0.15, 0.2) is 5.78 Å². The number of unbranched alkanes of at least 4 members (excludes halogenated alkanes) is 3. The van der Waals surface area contributed by atoms with Gasteiger partial charge in [-0.05, 0) is 38.3 Å². The topological polar surface area (TPSA) is 60.4 Å². The van der Waals surface area contributed by atoms with E-state index in [1.54, 1.807) is 26.0 Å². The van der Waals surface area contributed by atoms with Crippen LogP contribution < -0.4 is 0 Å². The zero-order valence-electron chi connectivity index (χ0n) is 13.9. The first-order valence-electron chi connectivity index (χ1n) is 7.77. The normalized spacial score (nSPS) is 11.6. The van der Waals surface area contributed by atoms with Crippen molar-refractivity contribution in [3.63, 3.8) is 0 Å². The molecule has 0 radical (unpaired) electrons. The van der Waals surface area contributed by atoms with E-state index in [2.05, 4.69) is 6.92 Å². The van der Waals surface area contributed by atoms with E-state index >= 15 is 0 Å². The third-order valence-electron chi connectivity index (χ3n) is 3.54. The molecule has 5 heteroatoms. The number of benzene rings is 1. The molecule has 0 bridgehead atoms. The highest BCUT2D eigenvalue weighted by atomic mass is 32.2. The molecule has 0 saturated heterocycles. The maximum atomic E-state index is 12.3. The number of hydrogen-bond donors (Lipinski definition) is 0. The average molecular weight is 326 g/mol. The number of aryl methyl sites for hydroxylation is 3. The molecule has 0 aliphatic heterocycles. The fraction of sp³-hybridized carbons (Fsp3) is 0.588. The number of carbonyl (C=O) groups is 1. The summed E-state index contributed by atoms with van der Waals surface area (Å²) < 4.78 is 29.5. The van der Waals surface area contributed by atoms with E-state index in [-0.39, 0.29) is 17.3 Å². The van der Waals surface area contributed by atoms with E-state index in [1.807, 2.05) is 6.92 Å². The fourth-order valence-corrected chi connectivity index (χ4v) is 3.90. The van der Waals surface area contributed by atoms with Gasteiger partial charge < -0.3 is 0 Å². The predicted octanol–water partition coefficient (Wildman–Crippen LogP) is 3.86. The molecule has 0 fully saturated rings. The molecule has 0 atom stereocenters. The van der Waals surface area contributed by atoms with Crippen molar-refractivity contribution in [2.45, 2.75) is 64.7 Å². The Labute approximate surface area is 134 Å². The average Bonchev–Trinajstić information content (AvgIpc) is 2.40. The van der Waals surface area contributed by atoms with Crippen molar-refractivity contribution in [3.8, 4) is 0 Å². The minimum Gasteiger partial charge on any atom is -0.297 e. The molecule has 0 N–H and O–H groups in total. The van der Waals surface area contributed by atoms with Crippen LogP contribution in [0.1, 0.15) is 55.7 Å². The second-order valence-electron chi connectivity index (χ2n) is 5.79. The lowest BCUT2D eigenvalue weighted by Gasteiger charge is -2.12. The highest BCUT2D eigenvalue weighted by Gasteiger charge is 2.22. The number of Topliss-reactive ketones (excluding diaryl/α,β-unsaturated/α-hetero) is 1. The van der Waals surface area contributed by atoms with E-state index < -0.39 is 10.1 Å². The van der Waals surface area contributed by atoms with E-state index in [0.717, 1.165) is 31.2 Å². The fourth-order valence-electron chi connectivity index (χ4n) is 2.58. The SMILES string of the molecule is CCCCCCC(=O)COS(=O)(=O)c1c(C)cc(C)cc1C. The number of ketones is 1. The Kier molecular flexibility index (Phi) is 7.23. The summed E-state index contributed by atoms with van der Waals surface area (Å²) >= 11 is 0. The molecule has 1 rings (SSSR count).